The van der Waals surface area contributed by atoms with E-state index in [0.717, 1.165) is 5.56 Å². The molecule has 0 aliphatic rings. The van der Waals surface area contributed by atoms with Gasteiger partial charge in [0.2, 0.25) is 0 Å². The molecule has 128 valence electrons. The topological polar surface area (TPSA) is 34.9 Å². The second kappa shape index (κ2) is 7.83. The highest BCUT2D eigenvalue weighted by Crippen LogP contribution is 2.31. The molecule has 0 radical (unpaired) electrons. The minimum absolute atomic E-state index is 0.153. The third-order valence-electron chi connectivity index (χ3n) is 3.60. The fourth-order valence-corrected chi connectivity index (χ4v) is 4.30. The molecule has 25 heavy (non-hydrogen) atoms. The number of nitrogens with zero attached hydrogens (tertiary/aromatic N) is 2. The van der Waals surface area contributed by atoms with Crippen molar-refractivity contribution in [3.63, 3.8) is 0 Å². The first-order valence-corrected chi connectivity index (χ1v) is 9.50. The SMILES string of the molecule is C=CCn1c(SCc2c(Cl)cccc2Cl)nc2ccc(Cl)cc2c1=O. The van der Waals surface area contributed by atoms with Crippen molar-refractivity contribution in [3.8, 4) is 0 Å². The van der Waals surface area contributed by atoms with Gasteiger partial charge in [-0.3, -0.25) is 9.36 Å². The Hall–Kier alpha value is -1.46. The van der Waals surface area contributed by atoms with Gasteiger partial charge in [0, 0.05) is 27.4 Å². The van der Waals surface area contributed by atoms with Gasteiger partial charge in [0.15, 0.2) is 5.16 Å². The molecule has 3 nitrogen and oxygen atoms in total. The molecule has 3 aromatic rings. The summed E-state index contributed by atoms with van der Waals surface area (Å²) in [5.41, 5.74) is 1.26. The van der Waals surface area contributed by atoms with E-state index in [1.165, 1.54) is 11.8 Å². The Balaban J connectivity index is 2.05. The minimum Gasteiger partial charge on any atom is -0.283 e. The maximum atomic E-state index is 12.8. The van der Waals surface area contributed by atoms with Crippen LogP contribution in [0.2, 0.25) is 15.1 Å². The predicted molar refractivity (Wildman–Crippen MR) is 107 cm³/mol. The van der Waals surface area contributed by atoms with E-state index in [9.17, 15) is 4.79 Å². The number of benzene rings is 2. The highest BCUT2D eigenvalue weighted by atomic mass is 35.5. The van der Waals surface area contributed by atoms with Gasteiger partial charge in [0.1, 0.15) is 0 Å². The molecule has 0 saturated carbocycles. The summed E-state index contributed by atoms with van der Waals surface area (Å²) in [5, 5.41) is 2.74. The molecule has 1 aromatic heterocycles. The standard InChI is InChI=1S/C18H13Cl3N2OS/c1-2-8-23-17(24)12-9-11(19)6-7-16(12)22-18(23)25-10-13-14(20)4-3-5-15(13)21/h2-7,9H,1,8,10H2. The first-order chi connectivity index (χ1) is 12.0. The van der Waals surface area contributed by atoms with E-state index in [2.05, 4.69) is 11.6 Å². The lowest BCUT2D eigenvalue weighted by Gasteiger charge is -2.12. The number of rotatable bonds is 5. The average Bonchev–Trinajstić information content (AvgIpc) is 2.58. The van der Waals surface area contributed by atoms with Gasteiger partial charge in [-0.25, -0.2) is 4.98 Å². The third-order valence-corrected chi connectivity index (χ3v) is 5.55. The summed E-state index contributed by atoms with van der Waals surface area (Å²) in [5.74, 6) is 0.501. The van der Waals surface area contributed by atoms with Crippen LogP contribution in [0.4, 0.5) is 0 Å². The van der Waals surface area contributed by atoms with Gasteiger partial charge in [-0.2, -0.15) is 0 Å². The summed E-state index contributed by atoms with van der Waals surface area (Å²) >= 11 is 19.9. The third kappa shape index (κ3) is 3.87. The molecule has 0 fully saturated rings. The van der Waals surface area contributed by atoms with Gasteiger partial charge in [0.25, 0.3) is 5.56 Å². The maximum absolute atomic E-state index is 12.8. The Morgan fingerprint density at radius 3 is 2.56 bits per heavy atom. The van der Waals surface area contributed by atoms with Crippen LogP contribution in [0.1, 0.15) is 5.56 Å². The summed E-state index contributed by atoms with van der Waals surface area (Å²) in [4.78, 5) is 17.4. The zero-order valence-electron chi connectivity index (χ0n) is 13.0. The first kappa shape index (κ1) is 18.3. The number of fused-ring (bicyclic) bond motifs is 1. The van der Waals surface area contributed by atoms with Crippen LogP contribution in [0.25, 0.3) is 10.9 Å². The quantitative estimate of drug-likeness (QED) is 0.301. The minimum atomic E-state index is -0.153. The highest BCUT2D eigenvalue weighted by Gasteiger charge is 2.13. The molecule has 0 unspecified atom stereocenters. The lowest BCUT2D eigenvalue weighted by atomic mass is 10.2. The van der Waals surface area contributed by atoms with E-state index < -0.39 is 0 Å². The highest BCUT2D eigenvalue weighted by molar-refractivity contribution is 7.98. The second-order valence-electron chi connectivity index (χ2n) is 5.25. The lowest BCUT2D eigenvalue weighted by molar-refractivity contribution is 0.671. The Kier molecular flexibility index (Phi) is 5.74. The number of thioether (sulfide) groups is 1. The summed E-state index contributed by atoms with van der Waals surface area (Å²) in [6, 6.07) is 10.5. The van der Waals surface area contributed by atoms with Crippen molar-refractivity contribution in [2.24, 2.45) is 0 Å². The number of halogens is 3. The second-order valence-corrected chi connectivity index (χ2v) is 7.44. The number of allylic oxidation sites excluding steroid dienone is 1. The largest absolute Gasteiger partial charge is 0.283 e. The zero-order valence-corrected chi connectivity index (χ0v) is 16.1. The van der Waals surface area contributed by atoms with Gasteiger partial charge >= 0.3 is 0 Å². The lowest BCUT2D eigenvalue weighted by Crippen LogP contribution is -2.22. The Morgan fingerprint density at radius 1 is 1.16 bits per heavy atom. The first-order valence-electron chi connectivity index (χ1n) is 7.38. The predicted octanol–water partition coefficient (Wildman–Crippen LogP) is 5.84. The smallest absolute Gasteiger partial charge is 0.262 e. The number of hydrogen-bond acceptors (Lipinski definition) is 3. The van der Waals surface area contributed by atoms with E-state index in [4.69, 9.17) is 34.8 Å². The molecule has 0 aliphatic heterocycles. The van der Waals surface area contributed by atoms with E-state index in [0.29, 0.717) is 43.4 Å². The molecule has 3 rings (SSSR count). The van der Waals surface area contributed by atoms with Gasteiger partial charge in [-0.05, 0) is 35.9 Å². The van der Waals surface area contributed by atoms with Crippen molar-refractivity contribution >= 4 is 57.5 Å². The van der Waals surface area contributed by atoms with Crippen LogP contribution < -0.4 is 5.56 Å². The van der Waals surface area contributed by atoms with Gasteiger partial charge in [-0.1, -0.05) is 58.7 Å². The van der Waals surface area contributed by atoms with Crippen LogP contribution in [0.15, 0.2) is 59.0 Å². The zero-order chi connectivity index (χ0) is 18.0. The monoisotopic (exact) mass is 410 g/mol. The fraction of sp³-hybridized carbons (Fsp3) is 0.111. The molecular weight excluding hydrogens is 399 g/mol. The van der Waals surface area contributed by atoms with Crippen molar-refractivity contribution in [2.75, 3.05) is 0 Å². The van der Waals surface area contributed by atoms with E-state index >= 15 is 0 Å². The van der Waals surface area contributed by atoms with Gasteiger partial charge < -0.3 is 0 Å². The van der Waals surface area contributed by atoms with Crippen molar-refractivity contribution in [1.29, 1.82) is 0 Å². The van der Waals surface area contributed by atoms with Gasteiger partial charge in [0.05, 0.1) is 10.9 Å². The summed E-state index contributed by atoms with van der Waals surface area (Å²) in [6.45, 7) is 4.07. The molecule has 7 heteroatoms. The molecule has 0 bridgehead atoms. The molecule has 0 spiro atoms. The number of hydrogen-bond donors (Lipinski definition) is 0. The Bertz CT molecular complexity index is 997. The molecule has 0 N–H and O–H groups in total. The Labute approximate surface area is 164 Å². The summed E-state index contributed by atoms with van der Waals surface area (Å²) in [7, 11) is 0. The van der Waals surface area contributed by atoms with Crippen molar-refractivity contribution < 1.29 is 0 Å². The molecule has 0 atom stereocenters. The van der Waals surface area contributed by atoms with Crippen LogP contribution >= 0.6 is 46.6 Å². The maximum Gasteiger partial charge on any atom is 0.262 e. The average molecular weight is 412 g/mol. The van der Waals surface area contributed by atoms with Crippen LogP contribution in [0.3, 0.4) is 0 Å². The van der Waals surface area contributed by atoms with E-state index in [-0.39, 0.29) is 5.56 Å². The summed E-state index contributed by atoms with van der Waals surface area (Å²) in [6.07, 6.45) is 1.66. The van der Waals surface area contributed by atoms with Crippen LogP contribution in [0.5, 0.6) is 0 Å². The molecule has 1 heterocycles. The van der Waals surface area contributed by atoms with Crippen LogP contribution in [0, 0.1) is 0 Å². The van der Waals surface area contributed by atoms with E-state index in [1.54, 1.807) is 47.0 Å². The van der Waals surface area contributed by atoms with Gasteiger partial charge in [-0.15, -0.1) is 6.58 Å². The fourth-order valence-electron chi connectivity index (χ4n) is 2.38. The normalized spacial score (nSPS) is 11.0. The van der Waals surface area contributed by atoms with Crippen LogP contribution in [-0.4, -0.2) is 9.55 Å². The van der Waals surface area contributed by atoms with Crippen molar-refractivity contribution in [3.05, 3.63) is 80.0 Å². The Morgan fingerprint density at radius 2 is 1.88 bits per heavy atom. The van der Waals surface area contributed by atoms with Crippen molar-refractivity contribution in [2.45, 2.75) is 17.5 Å². The molecule has 0 amide bonds. The molecule has 0 saturated heterocycles. The molecular formula is C18H13Cl3N2OS. The molecule has 2 aromatic carbocycles. The number of aromatic nitrogens is 2. The van der Waals surface area contributed by atoms with Crippen molar-refractivity contribution in [1.82, 2.24) is 9.55 Å². The van der Waals surface area contributed by atoms with E-state index in [1.807, 2.05) is 0 Å². The van der Waals surface area contributed by atoms with Crippen LogP contribution in [-0.2, 0) is 12.3 Å². The summed E-state index contributed by atoms with van der Waals surface area (Å²) < 4.78 is 1.57. The molecule has 0 aliphatic carbocycles.